The Morgan fingerprint density at radius 3 is 2.88 bits per heavy atom. The van der Waals surface area contributed by atoms with Gasteiger partial charge in [-0.05, 0) is 12.1 Å². The third-order valence-corrected chi connectivity index (χ3v) is 5.88. The number of aryl methyl sites for hydroxylation is 1. The number of thiazole rings is 1. The van der Waals surface area contributed by atoms with Crippen LogP contribution in [0.4, 0.5) is 0 Å². The molecule has 0 unspecified atom stereocenters. The third-order valence-electron chi connectivity index (χ3n) is 4.79. The van der Waals surface area contributed by atoms with Crippen molar-refractivity contribution in [3.8, 4) is 11.6 Å². The number of quaternary nitrogens is 1. The monoisotopic (exact) mass is 375 g/mol. The molecule has 1 aliphatic heterocycles. The first-order valence-corrected chi connectivity index (χ1v) is 9.66. The fourth-order valence-electron chi connectivity index (χ4n) is 3.44. The molecule has 0 amide bonds. The molecule has 7 nitrogen and oxygen atoms in total. The number of ether oxygens (including phenoxy) is 2. The molecule has 3 aromatic rings. The Hall–Kier alpha value is -2.16. The van der Waals surface area contributed by atoms with E-state index in [4.69, 9.17) is 9.47 Å². The van der Waals surface area contributed by atoms with Crippen LogP contribution in [0.5, 0.6) is 11.6 Å². The van der Waals surface area contributed by atoms with Crippen molar-refractivity contribution in [3.63, 3.8) is 0 Å². The summed E-state index contributed by atoms with van der Waals surface area (Å²) < 4.78 is 12.5. The molecule has 26 heavy (non-hydrogen) atoms. The topological polar surface area (TPSA) is 73.3 Å². The van der Waals surface area contributed by atoms with Gasteiger partial charge in [-0.25, -0.2) is 4.98 Å². The van der Waals surface area contributed by atoms with Crippen molar-refractivity contribution in [3.05, 3.63) is 40.5 Å². The largest absolute Gasteiger partial charge is 0.497 e. The molecule has 1 saturated heterocycles. The third kappa shape index (κ3) is 3.04. The van der Waals surface area contributed by atoms with Crippen LogP contribution >= 0.6 is 11.3 Å². The van der Waals surface area contributed by atoms with E-state index in [0.717, 1.165) is 59.7 Å². The minimum absolute atomic E-state index is 0.00687. The Bertz CT molecular complexity index is 901. The average Bonchev–Trinajstić information content (AvgIpc) is 3.23. The van der Waals surface area contributed by atoms with E-state index in [1.54, 1.807) is 11.6 Å². The maximum Gasteiger partial charge on any atom is 0.235 e. The summed E-state index contributed by atoms with van der Waals surface area (Å²) in [5, 5.41) is 15.3. The van der Waals surface area contributed by atoms with Crippen molar-refractivity contribution in [2.75, 3.05) is 33.4 Å². The summed E-state index contributed by atoms with van der Waals surface area (Å²) >= 11 is 1.51. The van der Waals surface area contributed by atoms with E-state index in [2.05, 4.69) is 16.1 Å². The lowest BCUT2D eigenvalue weighted by atomic mass is 10.0. The second-order valence-electron chi connectivity index (χ2n) is 6.35. The summed E-state index contributed by atoms with van der Waals surface area (Å²) in [5.74, 6) is 1.74. The molecule has 1 fully saturated rings. The molecule has 4 rings (SSSR count). The standard InChI is InChI=1S/C18H22N4O3S/c1-3-14-19-18-22(20-14)17(23)16(26-18)15(21-7-9-25-10-8-21)12-5-4-6-13(11-12)24-2/h4-6,11,15,23H,3,7-10H2,1-2H3/p+1/t15-/m0/s1. The number of hydrogen-bond acceptors (Lipinski definition) is 6. The van der Waals surface area contributed by atoms with E-state index >= 15 is 0 Å². The number of rotatable bonds is 5. The van der Waals surface area contributed by atoms with E-state index in [-0.39, 0.29) is 11.9 Å². The highest BCUT2D eigenvalue weighted by Gasteiger charge is 2.34. The SMILES string of the molecule is CCc1nc2sc([C@H](c3cccc(OC)c3)[NH+]3CCOCC3)c(O)n2n1. The Morgan fingerprint density at radius 1 is 1.38 bits per heavy atom. The molecule has 2 aromatic heterocycles. The predicted molar refractivity (Wildman–Crippen MR) is 98.3 cm³/mol. The van der Waals surface area contributed by atoms with Crippen LogP contribution in [0, 0.1) is 0 Å². The molecule has 0 spiro atoms. The number of hydrogen-bond donors (Lipinski definition) is 2. The molecule has 2 N–H and O–H groups in total. The number of benzene rings is 1. The van der Waals surface area contributed by atoms with E-state index in [1.807, 2.05) is 25.1 Å². The summed E-state index contributed by atoms with van der Waals surface area (Å²) in [6.45, 7) is 5.22. The summed E-state index contributed by atoms with van der Waals surface area (Å²) in [5.41, 5.74) is 1.11. The van der Waals surface area contributed by atoms with Gasteiger partial charge in [0.1, 0.15) is 23.7 Å². The van der Waals surface area contributed by atoms with Crippen molar-refractivity contribution in [2.24, 2.45) is 0 Å². The molecular weight excluding hydrogens is 352 g/mol. The fourth-order valence-corrected chi connectivity index (χ4v) is 4.60. The first kappa shape index (κ1) is 17.3. The zero-order valence-electron chi connectivity index (χ0n) is 14.9. The molecule has 0 aliphatic carbocycles. The Labute approximate surface area is 155 Å². The van der Waals surface area contributed by atoms with Gasteiger partial charge in [-0.1, -0.05) is 30.4 Å². The van der Waals surface area contributed by atoms with Gasteiger partial charge in [0.2, 0.25) is 10.8 Å². The van der Waals surface area contributed by atoms with Gasteiger partial charge in [-0.2, -0.15) is 4.52 Å². The Balaban J connectivity index is 1.81. The number of aromatic nitrogens is 3. The highest BCUT2D eigenvalue weighted by Crippen LogP contribution is 2.35. The van der Waals surface area contributed by atoms with Gasteiger partial charge < -0.3 is 19.5 Å². The normalized spacial score (nSPS) is 16.8. The summed E-state index contributed by atoms with van der Waals surface area (Å²) in [6, 6.07) is 8.05. The molecule has 1 aliphatic rings. The quantitative estimate of drug-likeness (QED) is 0.698. The lowest BCUT2D eigenvalue weighted by molar-refractivity contribution is -0.932. The van der Waals surface area contributed by atoms with Crippen LogP contribution in [-0.4, -0.2) is 53.1 Å². The van der Waals surface area contributed by atoms with E-state index < -0.39 is 0 Å². The molecular formula is C18H23N4O3S+. The predicted octanol–water partition coefficient (Wildman–Crippen LogP) is 1.07. The van der Waals surface area contributed by atoms with Gasteiger partial charge >= 0.3 is 0 Å². The zero-order chi connectivity index (χ0) is 18.1. The number of methoxy groups -OCH3 is 1. The van der Waals surface area contributed by atoms with E-state index in [9.17, 15) is 5.11 Å². The van der Waals surface area contributed by atoms with Crippen molar-refractivity contribution in [1.29, 1.82) is 0 Å². The maximum absolute atomic E-state index is 10.9. The summed E-state index contributed by atoms with van der Waals surface area (Å²) in [7, 11) is 1.67. The first-order valence-electron chi connectivity index (χ1n) is 8.84. The highest BCUT2D eigenvalue weighted by molar-refractivity contribution is 7.17. The Morgan fingerprint density at radius 2 is 2.19 bits per heavy atom. The minimum atomic E-state index is -0.00687. The van der Waals surface area contributed by atoms with Gasteiger partial charge in [0.25, 0.3) is 0 Å². The molecule has 0 bridgehead atoms. The van der Waals surface area contributed by atoms with Crippen molar-refractivity contribution in [2.45, 2.75) is 19.4 Å². The van der Waals surface area contributed by atoms with Crippen LogP contribution < -0.4 is 9.64 Å². The van der Waals surface area contributed by atoms with Crippen LogP contribution in [-0.2, 0) is 11.2 Å². The van der Waals surface area contributed by atoms with Gasteiger partial charge in [-0.3, -0.25) is 0 Å². The van der Waals surface area contributed by atoms with Gasteiger partial charge in [0.15, 0.2) is 11.9 Å². The van der Waals surface area contributed by atoms with Crippen LogP contribution in [0.25, 0.3) is 4.96 Å². The van der Waals surface area contributed by atoms with E-state index in [0.29, 0.717) is 0 Å². The molecule has 8 heteroatoms. The smallest absolute Gasteiger partial charge is 0.235 e. The number of morpholine rings is 1. The first-order chi connectivity index (χ1) is 12.7. The number of fused-ring (bicyclic) bond motifs is 1. The highest BCUT2D eigenvalue weighted by atomic mass is 32.1. The van der Waals surface area contributed by atoms with Gasteiger partial charge in [0.05, 0.1) is 20.3 Å². The average molecular weight is 375 g/mol. The van der Waals surface area contributed by atoms with Gasteiger partial charge in [0, 0.05) is 12.0 Å². The molecule has 0 radical (unpaired) electrons. The zero-order valence-corrected chi connectivity index (χ0v) is 15.8. The van der Waals surface area contributed by atoms with Crippen molar-refractivity contribution >= 4 is 16.3 Å². The fraction of sp³-hybridized carbons (Fsp3) is 0.444. The lowest BCUT2D eigenvalue weighted by Gasteiger charge is -2.31. The van der Waals surface area contributed by atoms with Crippen LogP contribution in [0.15, 0.2) is 24.3 Å². The second-order valence-corrected chi connectivity index (χ2v) is 7.36. The summed E-state index contributed by atoms with van der Waals surface area (Å²) in [6.07, 6.45) is 0.747. The minimum Gasteiger partial charge on any atom is -0.497 e. The molecule has 138 valence electrons. The van der Waals surface area contributed by atoms with Crippen molar-refractivity contribution < 1.29 is 19.5 Å². The van der Waals surface area contributed by atoms with Crippen LogP contribution in [0.1, 0.15) is 29.2 Å². The molecule has 1 atom stereocenters. The van der Waals surface area contributed by atoms with Crippen LogP contribution in [0.2, 0.25) is 0 Å². The molecule has 3 heterocycles. The number of nitrogens with one attached hydrogen (secondary N) is 1. The Kier molecular flexibility index (Phi) is 4.80. The molecule has 1 aromatic carbocycles. The van der Waals surface area contributed by atoms with Gasteiger partial charge in [-0.15, -0.1) is 5.10 Å². The maximum atomic E-state index is 10.9. The number of aromatic hydroxyl groups is 1. The molecule has 0 saturated carbocycles. The van der Waals surface area contributed by atoms with Crippen LogP contribution in [0.3, 0.4) is 0 Å². The second kappa shape index (κ2) is 7.22. The van der Waals surface area contributed by atoms with E-state index in [1.165, 1.54) is 16.2 Å². The van der Waals surface area contributed by atoms with Crippen molar-refractivity contribution in [1.82, 2.24) is 14.6 Å². The lowest BCUT2D eigenvalue weighted by Crippen LogP contribution is -3.14. The summed E-state index contributed by atoms with van der Waals surface area (Å²) in [4.78, 5) is 7.49. The number of nitrogens with zero attached hydrogens (tertiary/aromatic N) is 3.